The number of carbonyl (C=O) groups is 3. The highest BCUT2D eigenvalue weighted by atomic mass is 16.2. The lowest BCUT2D eigenvalue weighted by molar-refractivity contribution is -0.124. The van der Waals surface area contributed by atoms with Crippen LogP contribution in [0.2, 0.25) is 0 Å². The summed E-state index contributed by atoms with van der Waals surface area (Å²) in [6.45, 7) is 5.32. The van der Waals surface area contributed by atoms with Crippen molar-refractivity contribution in [1.82, 2.24) is 5.32 Å². The van der Waals surface area contributed by atoms with Crippen LogP contribution in [0.1, 0.15) is 32.6 Å². The molecule has 0 spiro atoms. The van der Waals surface area contributed by atoms with E-state index in [2.05, 4.69) is 11.9 Å². The SMILES string of the molecule is C=CC(=O)CCC(=O)NCCCC(C)=O. The fourth-order valence-corrected chi connectivity index (χ4v) is 0.992. The van der Waals surface area contributed by atoms with Crippen molar-refractivity contribution in [2.24, 2.45) is 0 Å². The smallest absolute Gasteiger partial charge is 0.220 e. The van der Waals surface area contributed by atoms with Gasteiger partial charge in [-0.3, -0.25) is 9.59 Å². The summed E-state index contributed by atoms with van der Waals surface area (Å²) in [7, 11) is 0. The molecule has 4 heteroatoms. The monoisotopic (exact) mass is 211 g/mol. The number of hydrogen-bond donors (Lipinski definition) is 1. The first-order chi connectivity index (χ1) is 7.06. The lowest BCUT2D eigenvalue weighted by atomic mass is 10.2. The minimum absolute atomic E-state index is 0.117. The predicted molar refractivity (Wildman–Crippen MR) is 57.4 cm³/mol. The fourth-order valence-electron chi connectivity index (χ4n) is 0.992. The highest BCUT2D eigenvalue weighted by molar-refractivity contribution is 5.92. The van der Waals surface area contributed by atoms with Crippen LogP contribution in [0.3, 0.4) is 0 Å². The van der Waals surface area contributed by atoms with Crippen LogP contribution >= 0.6 is 0 Å². The zero-order valence-electron chi connectivity index (χ0n) is 9.04. The van der Waals surface area contributed by atoms with Crippen molar-refractivity contribution in [1.29, 1.82) is 0 Å². The summed E-state index contributed by atoms with van der Waals surface area (Å²) >= 11 is 0. The standard InChI is InChI=1S/C11H17NO3/c1-3-10(14)6-7-11(15)12-8-4-5-9(2)13/h3H,1,4-8H2,2H3,(H,12,15). The number of ketones is 2. The number of carbonyl (C=O) groups excluding carboxylic acids is 3. The van der Waals surface area contributed by atoms with Crippen LogP contribution in [0.25, 0.3) is 0 Å². The third kappa shape index (κ3) is 8.87. The molecule has 0 saturated carbocycles. The van der Waals surface area contributed by atoms with E-state index in [1.54, 1.807) is 0 Å². The summed E-state index contributed by atoms with van der Waals surface area (Å²) in [5, 5.41) is 2.64. The molecule has 0 fully saturated rings. The molecular weight excluding hydrogens is 194 g/mol. The maximum absolute atomic E-state index is 11.1. The van der Waals surface area contributed by atoms with Crippen LogP contribution < -0.4 is 5.32 Å². The van der Waals surface area contributed by atoms with Gasteiger partial charge in [-0.25, -0.2) is 0 Å². The maximum Gasteiger partial charge on any atom is 0.220 e. The highest BCUT2D eigenvalue weighted by Crippen LogP contribution is 1.93. The van der Waals surface area contributed by atoms with Crippen LogP contribution in [0.15, 0.2) is 12.7 Å². The van der Waals surface area contributed by atoms with Crippen molar-refractivity contribution in [3.05, 3.63) is 12.7 Å². The van der Waals surface area contributed by atoms with Crippen molar-refractivity contribution >= 4 is 17.5 Å². The van der Waals surface area contributed by atoms with Gasteiger partial charge in [0.05, 0.1) is 0 Å². The van der Waals surface area contributed by atoms with Gasteiger partial charge in [0.1, 0.15) is 5.78 Å². The molecule has 4 nitrogen and oxygen atoms in total. The number of Topliss-reactive ketones (excluding diaryl/α,β-unsaturated/α-hetero) is 1. The van der Waals surface area contributed by atoms with E-state index in [-0.39, 0.29) is 30.3 Å². The molecule has 0 aromatic carbocycles. The lowest BCUT2D eigenvalue weighted by Crippen LogP contribution is -2.24. The van der Waals surface area contributed by atoms with Gasteiger partial charge in [0, 0.05) is 25.8 Å². The number of hydrogen-bond acceptors (Lipinski definition) is 3. The molecule has 15 heavy (non-hydrogen) atoms. The van der Waals surface area contributed by atoms with E-state index in [0.717, 1.165) is 0 Å². The Morgan fingerprint density at radius 3 is 2.40 bits per heavy atom. The molecule has 0 aromatic heterocycles. The van der Waals surface area contributed by atoms with E-state index >= 15 is 0 Å². The molecule has 0 aliphatic rings. The van der Waals surface area contributed by atoms with Crippen LogP contribution in [-0.4, -0.2) is 24.0 Å². The number of amides is 1. The molecule has 0 aromatic rings. The Labute approximate surface area is 89.7 Å². The quantitative estimate of drug-likeness (QED) is 0.481. The van der Waals surface area contributed by atoms with E-state index in [1.165, 1.54) is 13.0 Å². The van der Waals surface area contributed by atoms with E-state index in [0.29, 0.717) is 19.4 Å². The summed E-state index contributed by atoms with van der Waals surface area (Å²) < 4.78 is 0. The molecule has 0 radical (unpaired) electrons. The lowest BCUT2D eigenvalue weighted by Gasteiger charge is -2.02. The van der Waals surface area contributed by atoms with Gasteiger partial charge in [0.25, 0.3) is 0 Å². The van der Waals surface area contributed by atoms with Crippen molar-refractivity contribution < 1.29 is 14.4 Å². The van der Waals surface area contributed by atoms with Crippen LogP contribution in [0, 0.1) is 0 Å². The topological polar surface area (TPSA) is 63.2 Å². The molecule has 84 valence electrons. The van der Waals surface area contributed by atoms with Gasteiger partial charge < -0.3 is 10.1 Å². The zero-order chi connectivity index (χ0) is 11.7. The van der Waals surface area contributed by atoms with E-state index in [4.69, 9.17) is 0 Å². The van der Waals surface area contributed by atoms with Crippen molar-refractivity contribution in [3.63, 3.8) is 0 Å². The molecule has 0 bridgehead atoms. The Bertz CT molecular complexity index is 259. The molecular formula is C11H17NO3. The molecule has 0 aliphatic heterocycles. The summed E-state index contributed by atoms with van der Waals surface area (Å²) in [6, 6.07) is 0. The van der Waals surface area contributed by atoms with E-state index in [1.807, 2.05) is 0 Å². The Balaban J connectivity index is 3.45. The Morgan fingerprint density at radius 1 is 1.20 bits per heavy atom. The zero-order valence-corrected chi connectivity index (χ0v) is 9.04. The summed E-state index contributed by atoms with van der Waals surface area (Å²) in [4.78, 5) is 32.5. The molecule has 0 saturated heterocycles. The molecule has 1 N–H and O–H groups in total. The van der Waals surface area contributed by atoms with Gasteiger partial charge in [0.2, 0.25) is 5.91 Å². The minimum Gasteiger partial charge on any atom is -0.356 e. The molecule has 0 heterocycles. The molecule has 0 atom stereocenters. The third-order valence-electron chi connectivity index (χ3n) is 1.85. The number of rotatable bonds is 8. The van der Waals surface area contributed by atoms with Gasteiger partial charge >= 0.3 is 0 Å². The second kappa shape index (κ2) is 7.91. The second-order valence-electron chi connectivity index (χ2n) is 3.33. The number of nitrogens with one attached hydrogen (secondary N) is 1. The summed E-state index contributed by atoms with van der Waals surface area (Å²) in [6.07, 6.45) is 2.72. The first-order valence-electron chi connectivity index (χ1n) is 4.97. The third-order valence-corrected chi connectivity index (χ3v) is 1.85. The highest BCUT2D eigenvalue weighted by Gasteiger charge is 2.03. The van der Waals surface area contributed by atoms with Crippen molar-refractivity contribution in [3.8, 4) is 0 Å². The van der Waals surface area contributed by atoms with Gasteiger partial charge in [-0.15, -0.1) is 0 Å². The van der Waals surface area contributed by atoms with Gasteiger partial charge in [-0.1, -0.05) is 6.58 Å². The number of allylic oxidation sites excluding steroid dienone is 1. The fraction of sp³-hybridized carbons (Fsp3) is 0.545. The minimum atomic E-state index is -0.159. The van der Waals surface area contributed by atoms with Gasteiger partial charge in [-0.2, -0.15) is 0 Å². The Morgan fingerprint density at radius 2 is 1.87 bits per heavy atom. The average Bonchev–Trinajstić information content (AvgIpc) is 2.20. The van der Waals surface area contributed by atoms with Gasteiger partial charge in [0.15, 0.2) is 5.78 Å². The first-order valence-corrected chi connectivity index (χ1v) is 4.97. The average molecular weight is 211 g/mol. The van der Waals surface area contributed by atoms with Gasteiger partial charge in [-0.05, 0) is 19.4 Å². The molecule has 0 rings (SSSR count). The van der Waals surface area contributed by atoms with Crippen molar-refractivity contribution in [2.45, 2.75) is 32.6 Å². The molecule has 1 amide bonds. The first kappa shape index (κ1) is 13.5. The Kier molecular flexibility index (Phi) is 7.14. The van der Waals surface area contributed by atoms with Crippen LogP contribution in [0.4, 0.5) is 0 Å². The molecule has 0 aliphatic carbocycles. The Hall–Kier alpha value is -1.45. The second-order valence-corrected chi connectivity index (χ2v) is 3.33. The summed E-state index contributed by atoms with van der Waals surface area (Å²) in [5.41, 5.74) is 0. The maximum atomic E-state index is 11.1. The predicted octanol–water partition coefficient (Wildman–Crippen LogP) is 1.01. The van der Waals surface area contributed by atoms with E-state index in [9.17, 15) is 14.4 Å². The largest absolute Gasteiger partial charge is 0.356 e. The van der Waals surface area contributed by atoms with Crippen molar-refractivity contribution in [2.75, 3.05) is 6.54 Å². The molecule has 0 unspecified atom stereocenters. The summed E-state index contributed by atoms with van der Waals surface area (Å²) in [5.74, 6) is -0.172. The van der Waals surface area contributed by atoms with Crippen LogP contribution in [0.5, 0.6) is 0 Å². The normalized spacial score (nSPS) is 9.40. The van der Waals surface area contributed by atoms with Crippen LogP contribution in [-0.2, 0) is 14.4 Å². The van der Waals surface area contributed by atoms with E-state index < -0.39 is 0 Å².